The van der Waals surface area contributed by atoms with Crippen LogP contribution in [-0.2, 0) is 0 Å². The van der Waals surface area contributed by atoms with E-state index in [-0.39, 0.29) is 22.9 Å². The van der Waals surface area contributed by atoms with E-state index < -0.39 is 5.97 Å². The Balaban J connectivity index is 3.27. The Morgan fingerprint density at radius 2 is 2.07 bits per heavy atom. The minimum atomic E-state index is -1.12. The third kappa shape index (κ3) is 2.07. The van der Waals surface area contributed by atoms with Crippen molar-refractivity contribution in [2.24, 2.45) is 0 Å². The predicted molar refractivity (Wildman–Crippen MR) is 47.8 cm³/mol. The molecule has 0 saturated heterocycles. The summed E-state index contributed by atoms with van der Waals surface area (Å²) in [6.45, 7) is 1.31. The van der Waals surface area contributed by atoms with Gasteiger partial charge in [0.15, 0.2) is 5.78 Å². The molecule has 1 aromatic rings. The van der Waals surface area contributed by atoms with E-state index in [4.69, 9.17) is 9.84 Å². The smallest absolute Gasteiger partial charge is 0.335 e. The number of carbonyl (C=O) groups excluding carboxylic acids is 1. The molecule has 0 spiro atoms. The average molecular weight is 195 g/mol. The maximum atomic E-state index is 11.0. The molecule has 1 heterocycles. The van der Waals surface area contributed by atoms with Gasteiger partial charge >= 0.3 is 5.97 Å². The van der Waals surface area contributed by atoms with E-state index in [1.54, 1.807) is 0 Å². The van der Waals surface area contributed by atoms with Crippen molar-refractivity contribution in [2.45, 2.75) is 6.92 Å². The Morgan fingerprint density at radius 1 is 1.43 bits per heavy atom. The highest BCUT2D eigenvalue weighted by Gasteiger charge is 2.10. The summed E-state index contributed by atoms with van der Waals surface area (Å²) < 4.78 is 4.77. The van der Waals surface area contributed by atoms with E-state index in [0.29, 0.717) is 0 Å². The first-order chi connectivity index (χ1) is 6.54. The SMILES string of the molecule is COc1cc(C(=O)O)cc(C(C)=O)n1. The van der Waals surface area contributed by atoms with E-state index in [0.717, 1.165) is 0 Å². The Hall–Kier alpha value is -1.91. The van der Waals surface area contributed by atoms with Gasteiger partial charge < -0.3 is 9.84 Å². The van der Waals surface area contributed by atoms with Gasteiger partial charge in [-0.25, -0.2) is 9.78 Å². The number of rotatable bonds is 3. The lowest BCUT2D eigenvalue weighted by atomic mass is 10.2. The molecule has 5 heteroatoms. The van der Waals surface area contributed by atoms with Crippen LogP contribution in [-0.4, -0.2) is 29.0 Å². The van der Waals surface area contributed by atoms with Gasteiger partial charge in [0.25, 0.3) is 0 Å². The van der Waals surface area contributed by atoms with Gasteiger partial charge in [0, 0.05) is 13.0 Å². The zero-order chi connectivity index (χ0) is 10.7. The Bertz CT molecular complexity index is 354. The Kier molecular flexibility index (Phi) is 2.81. The summed E-state index contributed by atoms with van der Waals surface area (Å²) >= 11 is 0. The standard InChI is InChI=1S/C9H9NO4/c1-5(11)7-3-6(9(12)13)4-8(10-7)14-2/h3-4H,1-2H3,(H,12,13). The number of methoxy groups -OCH3 is 1. The lowest BCUT2D eigenvalue weighted by Gasteiger charge is -2.02. The minimum Gasteiger partial charge on any atom is -0.481 e. The van der Waals surface area contributed by atoms with Crippen molar-refractivity contribution in [3.05, 3.63) is 23.4 Å². The van der Waals surface area contributed by atoms with Crippen molar-refractivity contribution in [1.82, 2.24) is 4.98 Å². The highest BCUT2D eigenvalue weighted by Crippen LogP contribution is 2.12. The molecule has 0 unspecified atom stereocenters. The van der Waals surface area contributed by atoms with Crippen molar-refractivity contribution in [2.75, 3.05) is 7.11 Å². The van der Waals surface area contributed by atoms with Crippen molar-refractivity contribution in [1.29, 1.82) is 0 Å². The maximum absolute atomic E-state index is 11.0. The Morgan fingerprint density at radius 3 is 2.50 bits per heavy atom. The molecule has 74 valence electrons. The van der Waals surface area contributed by atoms with Crippen LogP contribution in [0.25, 0.3) is 0 Å². The molecule has 0 aliphatic heterocycles. The van der Waals surface area contributed by atoms with E-state index in [1.807, 2.05) is 0 Å². The highest BCUT2D eigenvalue weighted by molar-refractivity contribution is 5.96. The molecule has 0 amide bonds. The van der Waals surface area contributed by atoms with Crippen LogP contribution in [0.15, 0.2) is 12.1 Å². The van der Waals surface area contributed by atoms with Gasteiger partial charge in [-0.2, -0.15) is 0 Å². The number of nitrogens with zero attached hydrogens (tertiary/aromatic N) is 1. The lowest BCUT2D eigenvalue weighted by Crippen LogP contribution is -2.04. The van der Waals surface area contributed by atoms with Crippen LogP contribution in [0.4, 0.5) is 0 Å². The van der Waals surface area contributed by atoms with E-state index >= 15 is 0 Å². The molecule has 0 bridgehead atoms. The van der Waals surface area contributed by atoms with Gasteiger partial charge in [-0.3, -0.25) is 4.79 Å². The molecule has 0 aliphatic carbocycles. The van der Waals surface area contributed by atoms with Crippen molar-refractivity contribution >= 4 is 11.8 Å². The lowest BCUT2D eigenvalue weighted by molar-refractivity contribution is 0.0696. The Labute approximate surface area is 80.3 Å². The second-order valence-electron chi connectivity index (χ2n) is 2.64. The largest absolute Gasteiger partial charge is 0.481 e. The summed E-state index contributed by atoms with van der Waals surface area (Å²) in [5.74, 6) is -1.30. The first kappa shape index (κ1) is 10.2. The average Bonchev–Trinajstić information content (AvgIpc) is 2.16. The number of hydrogen-bond donors (Lipinski definition) is 1. The zero-order valence-electron chi connectivity index (χ0n) is 7.77. The van der Waals surface area contributed by atoms with Gasteiger partial charge in [-0.1, -0.05) is 0 Å². The molecule has 0 radical (unpaired) electrons. The quantitative estimate of drug-likeness (QED) is 0.728. The van der Waals surface area contributed by atoms with Gasteiger partial charge in [0.2, 0.25) is 5.88 Å². The molecule has 1 rings (SSSR count). The van der Waals surface area contributed by atoms with Crippen LogP contribution < -0.4 is 4.74 Å². The summed E-state index contributed by atoms with van der Waals surface area (Å²) in [6, 6.07) is 2.47. The first-order valence-electron chi connectivity index (χ1n) is 3.85. The molecule has 0 aliphatic rings. The van der Waals surface area contributed by atoms with E-state index in [1.165, 1.54) is 26.2 Å². The van der Waals surface area contributed by atoms with Crippen LogP contribution in [0, 0.1) is 0 Å². The second-order valence-corrected chi connectivity index (χ2v) is 2.64. The van der Waals surface area contributed by atoms with Crippen molar-refractivity contribution < 1.29 is 19.4 Å². The number of carboxylic acid groups (broad SMARTS) is 1. The molecular weight excluding hydrogens is 186 g/mol. The number of aromatic nitrogens is 1. The molecule has 0 atom stereocenters. The fourth-order valence-electron chi connectivity index (χ4n) is 0.914. The van der Waals surface area contributed by atoms with E-state index in [2.05, 4.69) is 4.98 Å². The van der Waals surface area contributed by atoms with Crippen molar-refractivity contribution in [3.63, 3.8) is 0 Å². The molecule has 1 aromatic heterocycles. The number of ether oxygens (including phenoxy) is 1. The van der Waals surface area contributed by atoms with Crippen LogP contribution in [0.2, 0.25) is 0 Å². The molecular formula is C9H9NO4. The fourth-order valence-corrected chi connectivity index (χ4v) is 0.914. The third-order valence-electron chi connectivity index (χ3n) is 1.62. The molecule has 0 fully saturated rings. The molecule has 14 heavy (non-hydrogen) atoms. The van der Waals surface area contributed by atoms with Gasteiger partial charge in [-0.05, 0) is 6.07 Å². The minimum absolute atomic E-state index is 0.0120. The summed E-state index contributed by atoms with van der Waals surface area (Å²) in [5, 5.41) is 8.72. The number of hydrogen-bond acceptors (Lipinski definition) is 4. The number of carbonyl (C=O) groups is 2. The summed E-state index contributed by atoms with van der Waals surface area (Å²) in [4.78, 5) is 25.4. The maximum Gasteiger partial charge on any atom is 0.335 e. The number of ketones is 1. The topological polar surface area (TPSA) is 76.5 Å². The fraction of sp³-hybridized carbons (Fsp3) is 0.222. The first-order valence-corrected chi connectivity index (χ1v) is 3.85. The molecule has 1 N–H and O–H groups in total. The van der Waals surface area contributed by atoms with Gasteiger partial charge in [0.05, 0.1) is 12.7 Å². The molecule has 0 saturated carbocycles. The highest BCUT2D eigenvalue weighted by atomic mass is 16.5. The van der Waals surface area contributed by atoms with Crippen LogP contribution in [0.5, 0.6) is 5.88 Å². The predicted octanol–water partition coefficient (Wildman–Crippen LogP) is 0.991. The normalized spacial score (nSPS) is 9.57. The van der Waals surface area contributed by atoms with Crippen molar-refractivity contribution in [3.8, 4) is 5.88 Å². The number of pyridine rings is 1. The zero-order valence-corrected chi connectivity index (χ0v) is 7.77. The second kappa shape index (κ2) is 3.87. The summed E-state index contributed by atoms with van der Waals surface area (Å²) in [6.07, 6.45) is 0. The third-order valence-corrected chi connectivity index (χ3v) is 1.62. The summed E-state index contributed by atoms with van der Waals surface area (Å²) in [7, 11) is 1.36. The molecule has 5 nitrogen and oxygen atoms in total. The van der Waals surface area contributed by atoms with Gasteiger partial charge in [-0.15, -0.1) is 0 Å². The van der Waals surface area contributed by atoms with Crippen LogP contribution in [0.3, 0.4) is 0 Å². The number of Topliss-reactive ketones (excluding diaryl/α,β-unsaturated/α-hetero) is 1. The number of aromatic carboxylic acids is 1. The molecule has 0 aromatic carbocycles. The van der Waals surface area contributed by atoms with E-state index in [9.17, 15) is 9.59 Å². The number of carboxylic acids is 1. The van der Waals surface area contributed by atoms with Gasteiger partial charge in [0.1, 0.15) is 5.69 Å². The van der Waals surface area contributed by atoms with Crippen LogP contribution in [0.1, 0.15) is 27.8 Å². The van der Waals surface area contributed by atoms with Crippen LogP contribution >= 0.6 is 0 Å². The monoisotopic (exact) mass is 195 g/mol. The summed E-state index contributed by atoms with van der Waals surface area (Å²) in [5.41, 5.74) is 0.0730.